The third-order valence-electron chi connectivity index (χ3n) is 4.38. The molecule has 0 aliphatic carbocycles. The van der Waals surface area contributed by atoms with Crippen LogP contribution in [-0.2, 0) is 6.42 Å². The molecule has 0 spiro atoms. The Morgan fingerprint density at radius 3 is 2.88 bits per heavy atom. The summed E-state index contributed by atoms with van der Waals surface area (Å²) in [6, 6.07) is 12.9. The topological polar surface area (TPSA) is 73.0 Å². The van der Waals surface area contributed by atoms with Crippen LogP contribution in [0.25, 0.3) is 16.9 Å². The monoisotopic (exact) mass is 398 g/mol. The van der Waals surface area contributed by atoms with Crippen molar-refractivity contribution in [2.75, 3.05) is 11.9 Å². The first kappa shape index (κ1) is 15.8. The van der Waals surface area contributed by atoms with Crippen LogP contribution in [0.1, 0.15) is 11.1 Å². The third-order valence-corrected chi connectivity index (χ3v) is 4.87. The summed E-state index contributed by atoms with van der Waals surface area (Å²) < 4.78 is 2.78. The van der Waals surface area contributed by atoms with Crippen molar-refractivity contribution in [1.29, 1.82) is 0 Å². The van der Waals surface area contributed by atoms with E-state index in [9.17, 15) is 10.1 Å². The fourth-order valence-electron chi connectivity index (χ4n) is 3.16. The molecule has 1 aliphatic heterocycles. The molecule has 2 aromatic carbocycles. The highest BCUT2D eigenvalue weighted by atomic mass is 79.9. The van der Waals surface area contributed by atoms with E-state index in [4.69, 9.17) is 5.10 Å². The number of aryl methyl sites for hydroxylation is 1. The molecule has 0 unspecified atom stereocenters. The molecule has 0 saturated carbocycles. The van der Waals surface area contributed by atoms with Gasteiger partial charge in [-0.1, -0.05) is 34.1 Å². The van der Waals surface area contributed by atoms with Crippen molar-refractivity contribution in [3.63, 3.8) is 0 Å². The largest absolute Gasteiger partial charge is 0.369 e. The summed E-state index contributed by atoms with van der Waals surface area (Å²) in [7, 11) is 0. The van der Waals surface area contributed by atoms with E-state index in [-0.39, 0.29) is 10.6 Å². The Morgan fingerprint density at radius 2 is 2.12 bits per heavy atom. The number of hydrogen-bond donors (Lipinski definition) is 1. The van der Waals surface area contributed by atoms with Gasteiger partial charge in [0.15, 0.2) is 0 Å². The van der Waals surface area contributed by atoms with E-state index in [1.54, 1.807) is 16.8 Å². The van der Waals surface area contributed by atoms with E-state index in [2.05, 4.69) is 21.2 Å². The molecule has 0 radical (unpaired) electrons. The molecule has 1 aliphatic rings. The number of anilines is 1. The van der Waals surface area contributed by atoms with Crippen molar-refractivity contribution in [2.24, 2.45) is 0 Å². The van der Waals surface area contributed by atoms with Crippen LogP contribution in [0.15, 0.2) is 46.9 Å². The number of hydrogen-bond acceptors (Lipinski definition) is 4. The lowest BCUT2D eigenvalue weighted by Crippen LogP contribution is -2.06. The molecular weight excluding hydrogens is 384 g/mol. The minimum absolute atomic E-state index is 0.0619. The zero-order valence-electron chi connectivity index (χ0n) is 13.5. The molecule has 0 atom stereocenters. The van der Waals surface area contributed by atoms with Crippen LogP contribution >= 0.6 is 15.9 Å². The SMILES string of the molecule is Cc1ccc([N+](=O)[O-])cc1-n1nc(-c2cccc(Br)c2)c2c1NCC2. The van der Waals surface area contributed by atoms with Crippen LogP contribution in [0.2, 0.25) is 0 Å². The molecule has 4 rings (SSSR count). The summed E-state index contributed by atoms with van der Waals surface area (Å²) in [5.41, 5.74) is 4.80. The van der Waals surface area contributed by atoms with Crippen molar-refractivity contribution < 1.29 is 4.92 Å². The number of rotatable bonds is 3. The lowest BCUT2D eigenvalue weighted by atomic mass is 10.1. The molecule has 6 nitrogen and oxygen atoms in total. The number of nitro groups is 1. The summed E-state index contributed by atoms with van der Waals surface area (Å²) >= 11 is 3.50. The summed E-state index contributed by atoms with van der Waals surface area (Å²) in [6.45, 7) is 2.77. The quantitative estimate of drug-likeness (QED) is 0.521. The number of halogens is 1. The Bertz CT molecular complexity index is 997. The smallest absolute Gasteiger partial charge is 0.271 e. The first-order chi connectivity index (χ1) is 12.0. The number of nitrogens with one attached hydrogen (secondary N) is 1. The maximum Gasteiger partial charge on any atom is 0.271 e. The van der Waals surface area contributed by atoms with Crippen molar-refractivity contribution in [1.82, 2.24) is 9.78 Å². The molecule has 126 valence electrons. The van der Waals surface area contributed by atoms with Crippen LogP contribution in [0.5, 0.6) is 0 Å². The molecule has 7 heteroatoms. The van der Waals surface area contributed by atoms with Gasteiger partial charge in [-0.15, -0.1) is 0 Å². The highest BCUT2D eigenvalue weighted by Crippen LogP contribution is 2.36. The Morgan fingerprint density at radius 1 is 1.28 bits per heavy atom. The standard InChI is InChI=1S/C18H15BrN4O2/c1-11-5-6-14(23(24)25)10-16(11)22-18-15(7-8-20-18)17(21-22)12-3-2-4-13(19)9-12/h2-6,9-10,20H,7-8H2,1H3. The molecule has 3 aromatic rings. The van der Waals surface area contributed by atoms with Crippen LogP contribution < -0.4 is 5.32 Å². The highest BCUT2D eigenvalue weighted by molar-refractivity contribution is 9.10. The zero-order valence-corrected chi connectivity index (χ0v) is 15.1. The van der Waals surface area contributed by atoms with E-state index in [0.29, 0.717) is 0 Å². The minimum Gasteiger partial charge on any atom is -0.369 e. The third kappa shape index (κ3) is 2.70. The molecule has 0 fully saturated rings. The minimum atomic E-state index is -0.380. The number of non-ortho nitro benzene ring substituents is 1. The molecule has 0 bridgehead atoms. The van der Waals surface area contributed by atoms with E-state index in [0.717, 1.165) is 51.3 Å². The summed E-state index contributed by atoms with van der Waals surface area (Å²) in [5, 5.41) is 19.3. The average Bonchev–Trinajstić information content (AvgIpc) is 3.17. The molecule has 2 heterocycles. The van der Waals surface area contributed by atoms with Gasteiger partial charge in [0.05, 0.1) is 16.3 Å². The normalized spacial score (nSPS) is 12.7. The van der Waals surface area contributed by atoms with Gasteiger partial charge in [-0.2, -0.15) is 5.10 Å². The predicted molar refractivity (Wildman–Crippen MR) is 100 cm³/mol. The van der Waals surface area contributed by atoms with Crippen molar-refractivity contribution in [2.45, 2.75) is 13.3 Å². The van der Waals surface area contributed by atoms with Crippen LogP contribution in [0.3, 0.4) is 0 Å². The Hall–Kier alpha value is -2.67. The first-order valence-electron chi connectivity index (χ1n) is 7.92. The maximum atomic E-state index is 11.1. The van der Waals surface area contributed by atoms with E-state index >= 15 is 0 Å². The molecule has 1 aromatic heterocycles. The maximum absolute atomic E-state index is 11.1. The highest BCUT2D eigenvalue weighted by Gasteiger charge is 2.25. The predicted octanol–water partition coefficient (Wildman–Crippen LogP) is 4.49. The molecule has 0 saturated heterocycles. The van der Waals surface area contributed by atoms with Gasteiger partial charge in [-0.05, 0) is 31.0 Å². The van der Waals surface area contributed by atoms with Gasteiger partial charge in [-0.3, -0.25) is 10.1 Å². The number of fused-ring (bicyclic) bond motifs is 1. The number of aromatic nitrogens is 2. The Labute approximate surface area is 152 Å². The van der Waals surface area contributed by atoms with E-state index in [1.165, 1.54) is 6.07 Å². The first-order valence-corrected chi connectivity index (χ1v) is 8.71. The summed E-state index contributed by atoms with van der Waals surface area (Å²) in [6.07, 6.45) is 0.880. The number of nitro benzene ring substituents is 1. The van der Waals surface area contributed by atoms with Gasteiger partial charge in [-0.25, -0.2) is 4.68 Å². The molecule has 0 amide bonds. The van der Waals surface area contributed by atoms with Gasteiger partial charge in [0.2, 0.25) is 0 Å². The van der Waals surface area contributed by atoms with Crippen LogP contribution in [0, 0.1) is 17.0 Å². The average molecular weight is 399 g/mol. The molecule has 1 N–H and O–H groups in total. The molecule has 25 heavy (non-hydrogen) atoms. The van der Waals surface area contributed by atoms with Crippen LogP contribution in [-0.4, -0.2) is 21.2 Å². The lowest BCUT2D eigenvalue weighted by Gasteiger charge is -2.09. The van der Waals surface area contributed by atoms with Gasteiger partial charge >= 0.3 is 0 Å². The second-order valence-corrected chi connectivity index (χ2v) is 6.92. The number of benzene rings is 2. The van der Waals surface area contributed by atoms with Crippen molar-refractivity contribution >= 4 is 27.4 Å². The fourth-order valence-corrected chi connectivity index (χ4v) is 3.56. The number of nitrogens with zero attached hydrogens (tertiary/aromatic N) is 3. The Balaban J connectivity index is 1.92. The summed E-state index contributed by atoms with van der Waals surface area (Å²) in [4.78, 5) is 10.8. The van der Waals surface area contributed by atoms with Crippen molar-refractivity contribution in [3.05, 3.63) is 68.2 Å². The van der Waals surface area contributed by atoms with E-state index in [1.807, 2.05) is 31.2 Å². The van der Waals surface area contributed by atoms with Gasteiger partial charge in [0, 0.05) is 34.3 Å². The summed E-state index contributed by atoms with van der Waals surface area (Å²) in [5.74, 6) is 0.915. The van der Waals surface area contributed by atoms with Crippen molar-refractivity contribution in [3.8, 4) is 16.9 Å². The van der Waals surface area contributed by atoms with Crippen LogP contribution in [0.4, 0.5) is 11.5 Å². The lowest BCUT2D eigenvalue weighted by molar-refractivity contribution is -0.384. The van der Waals surface area contributed by atoms with Gasteiger partial charge < -0.3 is 5.32 Å². The second-order valence-electron chi connectivity index (χ2n) is 6.00. The van der Waals surface area contributed by atoms with Gasteiger partial charge in [0.25, 0.3) is 5.69 Å². The molecular formula is C18H15BrN4O2. The zero-order chi connectivity index (χ0) is 17.6. The Kier molecular flexibility index (Phi) is 3.80. The van der Waals surface area contributed by atoms with Gasteiger partial charge in [0.1, 0.15) is 5.82 Å². The second kappa shape index (κ2) is 6.00. The van der Waals surface area contributed by atoms with E-state index < -0.39 is 0 Å². The fraction of sp³-hybridized carbons (Fsp3) is 0.167.